The van der Waals surface area contributed by atoms with Crippen LogP contribution in [0.25, 0.3) is 0 Å². The van der Waals surface area contributed by atoms with E-state index in [9.17, 15) is 24.3 Å². The number of anilines is 1. The van der Waals surface area contributed by atoms with E-state index in [0.29, 0.717) is 5.69 Å². The number of hydrogen-bond acceptors (Lipinski definition) is 6. The average molecular weight is 376 g/mol. The lowest BCUT2D eigenvalue weighted by atomic mass is 10.1. The summed E-state index contributed by atoms with van der Waals surface area (Å²) in [6.07, 6.45) is 1.17. The van der Waals surface area contributed by atoms with Crippen molar-refractivity contribution in [3.05, 3.63) is 29.8 Å². The number of rotatable bonds is 6. The second-order valence-electron chi connectivity index (χ2n) is 5.48. The summed E-state index contributed by atoms with van der Waals surface area (Å²) in [6.45, 7) is 0.964. The molecule has 3 N–H and O–H groups in total. The summed E-state index contributed by atoms with van der Waals surface area (Å²) in [5.74, 6) is -4.43. The Kier molecular flexibility index (Phi) is 6.12. The third-order valence-electron chi connectivity index (χ3n) is 3.47. The van der Waals surface area contributed by atoms with Gasteiger partial charge in [0.15, 0.2) is 17.2 Å². The van der Waals surface area contributed by atoms with Crippen molar-refractivity contribution in [3.8, 4) is 0 Å². The maximum absolute atomic E-state index is 12.6. The molecule has 0 aromatic heterocycles. The van der Waals surface area contributed by atoms with Gasteiger partial charge in [0.25, 0.3) is 11.8 Å². The summed E-state index contributed by atoms with van der Waals surface area (Å²) in [7, 11) is 0. The molecule has 1 atom stereocenters. The molecule has 3 amide bonds. The van der Waals surface area contributed by atoms with Gasteiger partial charge in [0.05, 0.1) is 18.2 Å². The van der Waals surface area contributed by atoms with Gasteiger partial charge >= 0.3 is 0 Å². The number of carbonyl (C=O) groups excluding carboxylic acids is 4. The van der Waals surface area contributed by atoms with Crippen molar-refractivity contribution < 1.29 is 29.3 Å². The number of carbonyl (C=O) groups is 4. The zero-order valence-corrected chi connectivity index (χ0v) is 14.6. The molecule has 2 rings (SSSR count). The van der Waals surface area contributed by atoms with Crippen LogP contribution in [0.15, 0.2) is 24.3 Å². The van der Waals surface area contributed by atoms with Crippen LogP contribution >= 0.6 is 12.2 Å². The number of nitrogens with one attached hydrogen (secondary N) is 3. The smallest absolute Gasteiger partial charge is 0.285 e. The standard InChI is InChI=1S/C16H16N4O5S/c1-9-2-4-10(5-3-9)20-15(25)11(14(24)19-16(20)26)6-17-7-12(21)18-8-13(22)23/h2-6,11H,7-8H2,1H3,(H,18,21)(H,22,23)(H,19,24,26)/t11-/m1/s1. The van der Waals surface area contributed by atoms with Gasteiger partial charge in [0.1, 0.15) is 0 Å². The summed E-state index contributed by atoms with van der Waals surface area (Å²) >= 11 is 5.08. The van der Waals surface area contributed by atoms with E-state index in [4.69, 9.17) is 12.2 Å². The Morgan fingerprint density at radius 3 is 2.62 bits per heavy atom. The molecule has 1 saturated heterocycles. The molecule has 9 nitrogen and oxygen atoms in total. The quantitative estimate of drug-likeness (QED) is 0.267. The highest BCUT2D eigenvalue weighted by molar-refractivity contribution is 7.80. The monoisotopic (exact) mass is 376 g/mol. The SMILES string of the molecule is Cc1ccc(N2C(=O)[C@H](C=[NH+]CC(=O)NCC(=O)[O-])C(=O)NC2=S)cc1. The molecule has 1 aliphatic heterocycles. The van der Waals surface area contributed by atoms with Crippen LogP contribution in [-0.4, -0.2) is 48.1 Å². The Balaban J connectivity index is 2.09. The van der Waals surface area contributed by atoms with Crippen molar-refractivity contribution in [2.45, 2.75) is 6.92 Å². The van der Waals surface area contributed by atoms with Crippen molar-refractivity contribution in [3.63, 3.8) is 0 Å². The van der Waals surface area contributed by atoms with E-state index < -0.39 is 36.2 Å². The molecule has 1 aromatic carbocycles. The lowest BCUT2D eigenvalue weighted by Crippen LogP contribution is -2.75. The molecule has 0 bridgehead atoms. The molecular weight excluding hydrogens is 360 g/mol. The number of hydrogen-bond donors (Lipinski definition) is 3. The van der Waals surface area contributed by atoms with Crippen molar-refractivity contribution in [1.29, 1.82) is 0 Å². The molecular formula is C16H16N4O5S. The molecule has 136 valence electrons. The summed E-state index contributed by atoms with van der Waals surface area (Å²) in [4.78, 5) is 50.1. The number of benzene rings is 1. The number of aryl methyl sites for hydroxylation is 1. The van der Waals surface area contributed by atoms with E-state index in [1.807, 2.05) is 6.92 Å². The molecule has 1 heterocycles. The fourth-order valence-corrected chi connectivity index (χ4v) is 2.47. The van der Waals surface area contributed by atoms with Gasteiger partial charge in [-0.1, -0.05) is 17.7 Å². The molecule has 26 heavy (non-hydrogen) atoms. The predicted molar refractivity (Wildman–Crippen MR) is 92.8 cm³/mol. The van der Waals surface area contributed by atoms with E-state index in [1.54, 1.807) is 24.3 Å². The van der Waals surface area contributed by atoms with E-state index in [1.165, 1.54) is 11.1 Å². The van der Waals surface area contributed by atoms with E-state index in [2.05, 4.69) is 15.6 Å². The highest BCUT2D eigenvalue weighted by atomic mass is 32.1. The minimum absolute atomic E-state index is 0.0276. The fourth-order valence-electron chi connectivity index (χ4n) is 2.18. The maximum atomic E-state index is 12.6. The maximum Gasteiger partial charge on any atom is 0.285 e. The minimum Gasteiger partial charge on any atom is -0.548 e. The zero-order chi connectivity index (χ0) is 19.3. The number of aliphatic carboxylic acids is 1. The normalized spacial score (nSPS) is 17.3. The van der Waals surface area contributed by atoms with Gasteiger partial charge < -0.3 is 20.5 Å². The lowest BCUT2D eigenvalue weighted by Gasteiger charge is -2.30. The Hall–Kier alpha value is -3.14. The zero-order valence-electron chi connectivity index (χ0n) is 13.8. The first-order chi connectivity index (χ1) is 12.3. The highest BCUT2D eigenvalue weighted by Crippen LogP contribution is 2.20. The van der Waals surface area contributed by atoms with Crippen molar-refractivity contribution in [2.24, 2.45) is 5.92 Å². The number of thiocarbonyl (C=S) groups is 1. The first kappa shape index (κ1) is 19.2. The van der Waals surface area contributed by atoms with Crippen molar-refractivity contribution >= 4 is 52.9 Å². The Morgan fingerprint density at radius 1 is 1.35 bits per heavy atom. The third kappa shape index (κ3) is 4.70. The highest BCUT2D eigenvalue weighted by Gasteiger charge is 2.40. The molecule has 0 unspecified atom stereocenters. The number of amides is 3. The molecule has 10 heteroatoms. The van der Waals surface area contributed by atoms with Gasteiger partial charge in [-0.15, -0.1) is 0 Å². The van der Waals surface area contributed by atoms with Crippen molar-refractivity contribution in [1.82, 2.24) is 10.6 Å². The molecule has 0 radical (unpaired) electrons. The van der Waals surface area contributed by atoms with Gasteiger partial charge in [-0.25, -0.2) is 4.99 Å². The van der Waals surface area contributed by atoms with Gasteiger partial charge in [0, 0.05) is 0 Å². The summed E-state index contributed by atoms with van der Waals surface area (Å²) in [5, 5.41) is 14.8. The molecule has 0 aliphatic carbocycles. The fraction of sp³-hybridized carbons (Fsp3) is 0.250. The number of nitrogens with zero attached hydrogens (tertiary/aromatic N) is 1. The van der Waals surface area contributed by atoms with Crippen LogP contribution < -0.4 is 25.6 Å². The van der Waals surface area contributed by atoms with E-state index >= 15 is 0 Å². The lowest BCUT2D eigenvalue weighted by molar-refractivity contribution is -0.440. The summed E-state index contributed by atoms with van der Waals surface area (Å²) < 4.78 is 0. The molecule has 0 saturated carbocycles. The average Bonchev–Trinajstić information content (AvgIpc) is 2.57. The van der Waals surface area contributed by atoms with Crippen LogP contribution in [0.1, 0.15) is 5.56 Å². The minimum atomic E-state index is -1.42. The van der Waals surface area contributed by atoms with Crippen LogP contribution in [0.3, 0.4) is 0 Å². The van der Waals surface area contributed by atoms with Crippen LogP contribution in [0.4, 0.5) is 5.69 Å². The molecule has 1 fully saturated rings. The summed E-state index contributed by atoms with van der Waals surface area (Å²) in [6, 6.07) is 7.02. The van der Waals surface area contributed by atoms with Crippen LogP contribution in [0, 0.1) is 12.8 Å². The second-order valence-corrected chi connectivity index (χ2v) is 5.86. The van der Waals surface area contributed by atoms with Gasteiger partial charge in [0.2, 0.25) is 12.5 Å². The molecule has 1 aromatic rings. The summed E-state index contributed by atoms with van der Waals surface area (Å²) in [5.41, 5.74) is 1.51. The number of carboxylic acid groups (broad SMARTS) is 1. The second kappa shape index (κ2) is 8.30. The first-order valence-corrected chi connectivity index (χ1v) is 7.99. The predicted octanol–water partition coefficient (Wildman–Crippen LogP) is -3.62. The topological polar surface area (TPSA) is 133 Å². The number of carboxylic acids is 1. The van der Waals surface area contributed by atoms with Crippen molar-refractivity contribution in [2.75, 3.05) is 18.0 Å². The van der Waals surface area contributed by atoms with E-state index in [0.717, 1.165) is 5.56 Å². The third-order valence-corrected chi connectivity index (χ3v) is 3.76. The van der Waals surface area contributed by atoms with Gasteiger partial charge in [-0.2, -0.15) is 0 Å². The van der Waals surface area contributed by atoms with E-state index in [-0.39, 0.29) is 11.7 Å². The Bertz CT molecular complexity index is 790. The van der Waals surface area contributed by atoms with Crippen LogP contribution in [0.2, 0.25) is 0 Å². The Morgan fingerprint density at radius 2 is 2.00 bits per heavy atom. The first-order valence-electron chi connectivity index (χ1n) is 7.58. The van der Waals surface area contributed by atoms with Crippen LogP contribution in [0.5, 0.6) is 0 Å². The van der Waals surface area contributed by atoms with Gasteiger partial charge in [-0.3, -0.25) is 19.3 Å². The van der Waals surface area contributed by atoms with Gasteiger partial charge in [-0.05, 0) is 31.3 Å². The molecule has 0 spiro atoms. The molecule has 1 aliphatic rings. The van der Waals surface area contributed by atoms with Crippen LogP contribution in [-0.2, 0) is 19.2 Å². The Labute approximate surface area is 154 Å². The largest absolute Gasteiger partial charge is 0.548 e.